The van der Waals surface area contributed by atoms with E-state index in [2.05, 4.69) is 10.3 Å². The van der Waals surface area contributed by atoms with E-state index >= 15 is 0 Å². The van der Waals surface area contributed by atoms with Crippen LogP contribution in [0.2, 0.25) is 0 Å². The van der Waals surface area contributed by atoms with E-state index in [1.165, 1.54) is 12.3 Å². The van der Waals surface area contributed by atoms with E-state index in [4.69, 9.17) is 10.5 Å². The zero-order chi connectivity index (χ0) is 25.0. The van der Waals surface area contributed by atoms with Gasteiger partial charge in [0.25, 0.3) is 0 Å². The quantitative estimate of drug-likeness (QED) is 0.483. The number of rotatable bonds is 7. The Bertz CT molecular complexity index is 1210. The van der Waals surface area contributed by atoms with Crippen molar-refractivity contribution in [3.05, 3.63) is 65.4 Å². The number of nitrogens with zero attached hydrogens (tertiary/aromatic N) is 2. The standard InChI is InChI=1S/C26H27F3N4O2/c1-31-7-6-18-12-19(2-3-20(18)16-34)22-13-21(15-32-25(22)30)17-4-5-24(23(14-17)26(27,28)29)33-8-10-35-11-9-33/h2-5,12-16,31H,6-11H2,1H3,(H2,30,32). The van der Waals surface area contributed by atoms with Gasteiger partial charge in [-0.3, -0.25) is 4.79 Å². The Hall–Kier alpha value is -3.43. The summed E-state index contributed by atoms with van der Waals surface area (Å²) in [5.74, 6) is 0.258. The molecule has 9 heteroatoms. The monoisotopic (exact) mass is 484 g/mol. The lowest BCUT2D eigenvalue weighted by atomic mass is 9.95. The average molecular weight is 485 g/mol. The molecule has 0 atom stereocenters. The van der Waals surface area contributed by atoms with E-state index in [1.807, 2.05) is 13.1 Å². The Kier molecular flexibility index (Phi) is 7.37. The summed E-state index contributed by atoms with van der Waals surface area (Å²) in [5.41, 5.74) is 9.29. The number of pyridine rings is 1. The maximum atomic E-state index is 14.0. The Morgan fingerprint density at radius 2 is 1.83 bits per heavy atom. The number of nitrogens with two attached hydrogens (primary N) is 1. The average Bonchev–Trinajstić information content (AvgIpc) is 2.87. The fraction of sp³-hybridized carbons (Fsp3) is 0.308. The van der Waals surface area contributed by atoms with Crippen molar-refractivity contribution < 1.29 is 22.7 Å². The van der Waals surface area contributed by atoms with Gasteiger partial charge in [0, 0.05) is 41.7 Å². The summed E-state index contributed by atoms with van der Waals surface area (Å²) >= 11 is 0. The van der Waals surface area contributed by atoms with E-state index in [0.717, 1.165) is 23.5 Å². The number of nitrogen functional groups attached to an aromatic ring is 1. The number of carbonyl (C=O) groups excluding carboxylic acids is 1. The van der Waals surface area contributed by atoms with Gasteiger partial charge in [-0.05, 0) is 54.9 Å². The number of hydrogen-bond acceptors (Lipinski definition) is 6. The number of aldehydes is 1. The molecule has 1 fully saturated rings. The number of ether oxygens (including phenoxy) is 1. The van der Waals surface area contributed by atoms with Crippen LogP contribution in [0.3, 0.4) is 0 Å². The van der Waals surface area contributed by atoms with E-state index in [1.54, 1.807) is 29.2 Å². The molecule has 2 heterocycles. The highest BCUT2D eigenvalue weighted by Crippen LogP contribution is 2.40. The first-order valence-electron chi connectivity index (χ1n) is 11.3. The highest BCUT2D eigenvalue weighted by Gasteiger charge is 2.35. The van der Waals surface area contributed by atoms with Gasteiger partial charge in [-0.25, -0.2) is 4.98 Å². The fourth-order valence-electron chi connectivity index (χ4n) is 4.25. The molecular weight excluding hydrogens is 457 g/mol. The number of halogens is 3. The minimum atomic E-state index is -4.51. The molecule has 6 nitrogen and oxygen atoms in total. The van der Waals surface area contributed by atoms with Gasteiger partial charge in [0.2, 0.25) is 0 Å². The van der Waals surface area contributed by atoms with Crippen molar-refractivity contribution in [2.45, 2.75) is 12.6 Å². The third-order valence-electron chi connectivity index (χ3n) is 6.13. The van der Waals surface area contributed by atoms with Crippen molar-refractivity contribution in [3.63, 3.8) is 0 Å². The van der Waals surface area contributed by atoms with Crippen molar-refractivity contribution >= 4 is 17.8 Å². The third-order valence-corrected chi connectivity index (χ3v) is 6.13. The second-order valence-electron chi connectivity index (χ2n) is 8.37. The molecule has 35 heavy (non-hydrogen) atoms. The molecule has 2 aromatic carbocycles. The fourth-order valence-corrected chi connectivity index (χ4v) is 4.25. The van der Waals surface area contributed by atoms with Crippen LogP contribution >= 0.6 is 0 Å². The molecular formula is C26H27F3N4O2. The number of carbonyl (C=O) groups is 1. The molecule has 1 saturated heterocycles. The molecule has 1 aliphatic heterocycles. The molecule has 1 aliphatic rings. The van der Waals surface area contributed by atoms with Crippen LogP contribution in [0, 0.1) is 0 Å². The summed E-state index contributed by atoms with van der Waals surface area (Å²) in [6, 6.07) is 11.4. The van der Waals surface area contributed by atoms with Gasteiger partial charge < -0.3 is 20.7 Å². The van der Waals surface area contributed by atoms with Gasteiger partial charge in [-0.1, -0.05) is 24.3 Å². The molecule has 3 N–H and O–H groups in total. The Morgan fingerprint density at radius 3 is 2.51 bits per heavy atom. The zero-order valence-electron chi connectivity index (χ0n) is 19.4. The van der Waals surface area contributed by atoms with Crippen LogP contribution in [-0.4, -0.2) is 51.2 Å². The zero-order valence-corrected chi connectivity index (χ0v) is 19.4. The van der Waals surface area contributed by atoms with Crippen LogP contribution < -0.4 is 16.0 Å². The molecule has 0 spiro atoms. The molecule has 0 amide bonds. The van der Waals surface area contributed by atoms with Gasteiger partial charge in [0.15, 0.2) is 0 Å². The Labute approximate surface area is 201 Å². The molecule has 4 rings (SSSR count). The van der Waals surface area contributed by atoms with Crippen LogP contribution in [-0.2, 0) is 17.3 Å². The second-order valence-corrected chi connectivity index (χ2v) is 8.37. The van der Waals surface area contributed by atoms with E-state index in [-0.39, 0.29) is 11.5 Å². The van der Waals surface area contributed by atoms with Gasteiger partial charge in [-0.15, -0.1) is 0 Å². The molecule has 0 aliphatic carbocycles. The normalized spacial score (nSPS) is 14.2. The summed E-state index contributed by atoms with van der Waals surface area (Å²) in [5, 5.41) is 3.06. The molecule has 184 valence electrons. The van der Waals surface area contributed by atoms with Crippen molar-refractivity contribution in [2.75, 3.05) is 50.5 Å². The van der Waals surface area contributed by atoms with Crippen molar-refractivity contribution in [3.8, 4) is 22.3 Å². The largest absolute Gasteiger partial charge is 0.418 e. The van der Waals surface area contributed by atoms with Crippen molar-refractivity contribution in [1.82, 2.24) is 10.3 Å². The Balaban J connectivity index is 1.75. The van der Waals surface area contributed by atoms with Gasteiger partial charge in [0.1, 0.15) is 12.1 Å². The number of benzene rings is 2. The minimum absolute atomic E-state index is 0.145. The number of morpholine rings is 1. The molecule has 0 radical (unpaired) electrons. The highest BCUT2D eigenvalue weighted by atomic mass is 19.4. The number of alkyl halides is 3. The molecule has 0 saturated carbocycles. The lowest BCUT2D eigenvalue weighted by Crippen LogP contribution is -2.37. The van der Waals surface area contributed by atoms with Crippen LogP contribution in [0.25, 0.3) is 22.3 Å². The predicted octanol–water partition coefficient (Wildman–Crippen LogP) is 4.43. The van der Waals surface area contributed by atoms with Crippen molar-refractivity contribution in [2.24, 2.45) is 0 Å². The van der Waals surface area contributed by atoms with Crippen molar-refractivity contribution in [1.29, 1.82) is 0 Å². The number of aromatic nitrogens is 1. The van der Waals surface area contributed by atoms with E-state index < -0.39 is 11.7 Å². The van der Waals surface area contributed by atoms with Gasteiger partial charge in [-0.2, -0.15) is 13.2 Å². The lowest BCUT2D eigenvalue weighted by Gasteiger charge is -2.31. The SMILES string of the molecule is CNCCc1cc(-c2cc(-c3ccc(N4CCOCC4)c(C(F)(F)F)c3)cnc2N)ccc1C=O. The summed E-state index contributed by atoms with van der Waals surface area (Å²) in [6.07, 6.45) is -1.59. The molecule has 1 aromatic heterocycles. The van der Waals surface area contributed by atoms with Gasteiger partial charge in [0.05, 0.1) is 18.8 Å². The molecule has 0 bridgehead atoms. The summed E-state index contributed by atoms with van der Waals surface area (Å²) < 4.78 is 47.3. The van der Waals surface area contributed by atoms with Crippen LogP contribution in [0.4, 0.5) is 24.7 Å². The van der Waals surface area contributed by atoms with Gasteiger partial charge >= 0.3 is 6.18 Å². The number of anilines is 2. The smallest absolute Gasteiger partial charge is 0.383 e. The van der Waals surface area contributed by atoms with Crippen LogP contribution in [0.5, 0.6) is 0 Å². The predicted molar refractivity (Wildman–Crippen MR) is 131 cm³/mol. The Morgan fingerprint density at radius 1 is 1.09 bits per heavy atom. The topological polar surface area (TPSA) is 80.5 Å². The first kappa shape index (κ1) is 24.7. The number of likely N-dealkylation sites (N-methyl/N-ethyl adjacent to an activating group) is 1. The number of hydrogen-bond donors (Lipinski definition) is 2. The van der Waals surface area contributed by atoms with E-state index in [9.17, 15) is 18.0 Å². The summed E-state index contributed by atoms with van der Waals surface area (Å²) in [4.78, 5) is 17.4. The minimum Gasteiger partial charge on any atom is -0.383 e. The molecule has 0 unspecified atom stereocenters. The van der Waals surface area contributed by atoms with E-state index in [0.29, 0.717) is 61.5 Å². The third kappa shape index (κ3) is 5.47. The first-order valence-corrected chi connectivity index (χ1v) is 11.3. The van der Waals surface area contributed by atoms with Crippen LogP contribution in [0.1, 0.15) is 21.5 Å². The second kappa shape index (κ2) is 10.5. The number of nitrogens with one attached hydrogen (secondary N) is 1. The summed E-state index contributed by atoms with van der Waals surface area (Å²) in [7, 11) is 1.83. The maximum Gasteiger partial charge on any atom is 0.418 e. The summed E-state index contributed by atoms with van der Waals surface area (Å²) in [6.45, 7) is 2.28. The molecule has 3 aromatic rings. The van der Waals surface area contributed by atoms with Crippen LogP contribution in [0.15, 0.2) is 48.7 Å². The highest BCUT2D eigenvalue weighted by molar-refractivity contribution is 5.84. The lowest BCUT2D eigenvalue weighted by molar-refractivity contribution is -0.137. The maximum absolute atomic E-state index is 14.0. The first-order chi connectivity index (χ1) is 16.8.